The molecule has 2 N–H and O–H groups in total. The molecule has 1 fully saturated rings. The number of likely N-dealkylation sites (tertiary alicyclic amines) is 1. The molecule has 0 aromatic heterocycles. The van der Waals surface area contributed by atoms with Crippen LogP contribution in [-0.2, 0) is 0 Å². The minimum absolute atomic E-state index is 0.0785. The molecule has 1 aliphatic rings. The van der Waals surface area contributed by atoms with Crippen molar-refractivity contribution in [3.8, 4) is 0 Å². The molecule has 2 rings (SSSR count). The standard InChI is InChI=1S/C14H18BrClN2O/c15-13-9-11(16)1-2-12(13)14(19)18-7-4-10(3-6-17)5-8-18/h1-2,9-10H,3-8,17H2. The average Bonchev–Trinajstić information content (AvgIpc) is 2.39. The summed E-state index contributed by atoms with van der Waals surface area (Å²) in [5.74, 6) is 0.748. The molecular weight excluding hydrogens is 328 g/mol. The molecule has 3 nitrogen and oxygen atoms in total. The summed E-state index contributed by atoms with van der Waals surface area (Å²) in [7, 11) is 0. The number of benzene rings is 1. The molecule has 1 aromatic carbocycles. The highest BCUT2D eigenvalue weighted by Crippen LogP contribution is 2.26. The second kappa shape index (κ2) is 6.73. The summed E-state index contributed by atoms with van der Waals surface area (Å²) in [4.78, 5) is 14.3. The van der Waals surface area contributed by atoms with Crippen LogP contribution in [0.2, 0.25) is 5.02 Å². The third kappa shape index (κ3) is 3.71. The summed E-state index contributed by atoms with van der Waals surface area (Å²) < 4.78 is 0.758. The fourth-order valence-corrected chi connectivity index (χ4v) is 3.35. The normalized spacial score (nSPS) is 16.7. The van der Waals surface area contributed by atoms with E-state index >= 15 is 0 Å². The molecule has 0 aliphatic carbocycles. The van der Waals surface area contributed by atoms with E-state index in [0.29, 0.717) is 16.5 Å². The van der Waals surface area contributed by atoms with Gasteiger partial charge in [-0.3, -0.25) is 4.79 Å². The maximum Gasteiger partial charge on any atom is 0.254 e. The Kier molecular flexibility index (Phi) is 5.25. The quantitative estimate of drug-likeness (QED) is 0.913. The summed E-state index contributed by atoms with van der Waals surface area (Å²) >= 11 is 9.30. The number of halogens is 2. The lowest BCUT2D eigenvalue weighted by Gasteiger charge is -2.32. The Morgan fingerprint density at radius 3 is 2.68 bits per heavy atom. The second-order valence-corrected chi connectivity index (χ2v) is 6.23. The number of rotatable bonds is 3. The van der Waals surface area contributed by atoms with Crippen LogP contribution in [0.3, 0.4) is 0 Å². The van der Waals surface area contributed by atoms with Crippen LogP contribution in [0.25, 0.3) is 0 Å². The van der Waals surface area contributed by atoms with Crippen LogP contribution in [-0.4, -0.2) is 30.4 Å². The highest BCUT2D eigenvalue weighted by atomic mass is 79.9. The molecule has 1 amide bonds. The summed E-state index contributed by atoms with van der Waals surface area (Å²) in [6, 6.07) is 5.29. The first kappa shape index (κ1) is 14.8. The van der Waals surface area contributed by atoms with Crippen molar-refractivity contribution in [3.63, 3.8) is 0 Å². The zero-order valence-corrected chi connectivity index (χ0v) is 13.1. The number of carbonyl (C=O) groups excluding carboxylic acids is 1. The van der Waals surface area contributed by atoms with Crippen LogP contribution in [0, 0.1) is 5.92 Å². The molecule has 19 heavy (non-hydrogen) atoms. The lowest BCUT2D eigenvalue weighted by molar-refractivity contribution is 0.0687. The summed E-state index contributed by atoms with van der Waals surface area (Å²) in [6.07, 6.45) is 3.16. The molecule has 1 saturated heterocycles. The predicted octanol–water partition coefficient (Wildman–Crippen LogP) is 3.30. The van der Waals surface area contributed by atoms with Crippen molar-refractivity contribution in [1.29, 1.82) is 0 Å². The van der Waals surface area contributed by atoms with Gasteiger partial charge < -0.3 is 10.6 Å². The molecule has 0 unspecified atom stereocenters. The van der Waals surface area contributed by atoms with Crippen molar-refractivity contribution in [1.82, 2.24) is 4.90 Å². The van der Waals surface area contributed by atoms with Gasteiger partial charge in [0.05, 0.1) is 5.56 Å². The molecule has 0 saturated carbocycles. The second-order valence-electron chi connectivity index (χ2n) is 4.94. The number of carbonyl (C=O) groups is 1. The Hall–Kier alpha value is -0.580. The number of hydrogen-bond acceptors (Lipinski definition) is 2. The highest BCUT2D eigenvalue weighted by molar-refractivity contribution is 9.10. The van der Waals surface area contributed by atoms with Gasteiger partial charge in [-0.15, -0.1) is 0 Å². The molecule has 1 aromatic rings. The number of amides is 1. The van der Waals surface area contributed by atoms with Crippen molar-refractivity contribution >= 4 is 33.4 Å². The third-order valence-corrected chi connectivity index (χ3v) is 4.53. The Bertz CT molecular complexity index is 459. The molecule has 1 heterocycles. The monoisotopic (exact) mass is 344 g/mol. The van der Waals surface area contributed by atoms with Gasteiger partial charge in [0.1, 0.15) is 0 Å². The number of hydrogen-bond donors (Lipinski definition) is 1. The maximum absolute atomic E-state index is 12.4. The summed E-state index contributed by atoms with van der Waals surface area (Å²) in [5, 5.41) is 0.630. The minimum atomic E-state index is 0.0785. The van der Waals surface area contributed by atoms with E-state index in [4.69, 9.17) is 17.3 Å². The molecule has 1 aliphatic heterocycles. The molecule has 0 bridgehead atoms. The van der Waals surface area contributed by atoms with E-state index in [0.717, 1.165) is 43.4 Å². The van der Waals surface area contributed by atoms with Crippen LogP contribution >= 0.6 is 27.5 Å². The van der Waals surface area contributed by atoms with Gasteiger partial charge in [0.2, 0.25) is 0 Å². The zero-order valence-electron chi connectivity index (χ0n) is 10.7. The zero-order chi connectivity index (χ0) is 13.8. The first-order valence-corrected chi connectivity index (χ1v) is 7.73. The van der Waals surface area contributed by atoms with Gasteiger partial charge in [-0.1, -0.05) is 11.6 Å². The lowest BCUT2D eigenvalue weighted by Crippen LogP contribution is -2.39. The van der Waals surface area contributed by atoms with Crippen molar-refractivity contribution in [2.45, 2.75) is 19.3 Å². The van der Waals surface area contributed by atoms with Crippen LogP contribution in [0.15, 0.2) is 22.7 Å². The van der Waals surface area contributed by atoms with E-state index in [1.807, 2.05) is 4.90 Å². The van der Waals surface area contributed by atoms with Crippen molar-refractivity contribution in [2.24, 2.45) is 11.7 Å². The maximum atomic E-state index is 12.4. The fourth-order valence-electron chi connectivity index (χ4n) is 2.49. The van der Waals surface area contributed by atoms with Crippen LogP contribution in [0.5, 0.6) is 0 Å². The van der Waals surface area contributed by atoms with Gasteiger partial charge in [-0.25, -0.2) is 0 Å². The van der Waals surface area contributed by atoms with E-state index in [2.05, 4.69) is 15.9 Å². The largest absolute Gasteiger partial charge is 0.339 e. The van der Waals surface area contributed by atoms with Gasteiger partial charge in [0, 0.05) is 22.6 Å². The van der Waals surface area contributed by atoms with Crippen molar-refractivity contribution < 1.29 is 4.79 Å². The Morgan fingerprint density at radius 2 is 2.11 bits per heavy atom. The minimum Gasteiger partial charge on any atom is -0.339 e. The number of nitrogens with two attached hydrogens (primary N) is 1. The smallest absolute Gasteiger partial charge is 0.254 e. The number of piperidine rings is 1. The van der Waals surface area contributed by atoms with E-state index in [-0.39, 0.29) is 5.91 Å². The molecule has 0 spiro atoms. The fraction of sp³-hybridized carbons (Fsp3) is 0.500. The lowest BCUT2D eigenvalue weighted by atomic mass is 9.93. The Labute approximate surface area is 127 Å². The predicted molar refractivity (Wildman–Crippen MR) is 81.5 cm³/mol. The SMILES string of the molecule is NCCC1CCN(C(=O)c2ccc(Cl)cc2Br)CC1. The van der Waals surface area contributed by atoms with E-state index in [1.165, 1.54) is 0 Å². The molecule has 0 radical (unpaired) electrons. The van der Waals surface area contributed by atoms with Gasteiger partial charge >= 0.3 is 0 Å². The van der Waals surface area contributed by atoms with E-state index in [1.54, 1.807) is 18.2 Å². The van der Waals surface area contributed by atoms with Crippen molar-refractivity contribution in [3.05, 3.63) is 33.3 Å². The summed E-state index contributed by atoms with van der Waals surface area (Å²) in [5.41, 5.74) is 6.26. The van der Waals surface area contributed by atoms with Gasteiger partial charge in [-0.2, -0.15) is 0 Å². The Balaban J connectivity index is 2.01. The third-order valence-electron chi connectivity index (χ3n) is 3.64. The van der Waals surface area contributed by atoms with E-state index in [9.17, 15) is 4.79 Å². The molecule has 5 heteroatoms. The Morgan fingerprint density at radius 1 is 1.42 bits per heavy atom. The van der Waals surface area contributed by atoms with Crippen LogP contribution in [0.4, 0.5) is 0 Å². The number of nitrogens with zero attached hydrogens (tertiary/aromatic N) is 1. The van der Waals surface area contributed by atoms with Gasteiger partial charge in [0.25, 0.3) is 5.91 Å². The van der Waals surface area contributed by atoms with Crippen LogP contribution in [0.1, 0.15) is 29.6 Å². The summed E-state index contributed by atoms with van der Waals surface area (Å²) in [6.45, 7) is 2.37. The van der Waals surface area contributed by atoms with Crippen molar-refractivity contribution in [2.75, 3.05) is 19.6 Å². The molecule has 0 atom stereocenters. The highest BCUT2D eigenvalue weighted by Gasteiger charge is 2.24. The topological polar surface area (TPSA) is 46.3 Å². The van der Waals surface area contributed by atoms with Gasteiger partial charge in [0.15, 0.2) is 0 Å². The first-order valence-electron chi connectivity index (χ1n) is 6.56. The van der Waals surface area contributed by atoms with Crippen LogP contribution < -0.4 is 5.73 Å². The average molecular weight is 346 g/mol. The molecule has 104 valence electrons. The molecular formula is C14H18BrClN2O. The van der Waals surface area contributed by atoms with Gasteiger partial charge in [-0.05, 0) is 65.9 Å². The van der Waals surface area contributed by atoms with E-state index < -0.39 is 0 Å². The first-order chi connectivity index (χ1) is 9.11.